The van der Waals surface area contributed by atoms with E-state index in [4.69, 9.17) is 0 Å². The Kier molecular flexibility index (Phi) is 3.05. The first-order valence-electron chi connectivity index (χ1n) is 6.44. The van der Waals surface area contributed by atoms with E-state index in [9.17, 15) is 4.79 Å². The van der Waals surface area contributed by atoms with Crippen LogP contribution in [0.15, 0.2) is 23.3 Å². The van der Waals surface area contributed by atoms with E-state index in [-0.39, 0.29) is 11.3 Å². The highest BCUT2D eigenvalue weighted by Gasteiger charge is 2.37. The highest BCUT2D eigenvalue weighted by Crippen LogP contribution is 2.49. The van der Waals surface area contributed by atoms with Crippen molar-refractivity contribution in [2.45, 2.75) is 46.5 Å². The van der Waals surface area contributed by atoms with Gasteiger partial charge in [0.1, 0.15) is 6.29 Å². The van der Waals surface area contributed by atoms with E-state index < -0.39 is 0 Å². The molecule has 0 heterocycles. The number of rotatable bonds is 2. The first-order chi connectivity index (χ1) is 7.58. The van der Waals surface area contributed by atoms with Crippen molar-refractivity contribution in [2.24, 2.45) is 17.3 Å². The molecule has 0 saturated carbocycles. The first kappa shape index (κ1) is 11.6. The lowest BCUT2D eigenvalue weighted by Gasteiger charge is -2.43. The highest BCUT2D eigenvalue weighted by molar-refractivity contribution is 5.59. The molecule has 1 unspecified atom stereocenters. The predicted octanol–water partition coefficient (Wildman–Crippen LogP) is 3.90. The summed E-state index contributed by atoms with van der Waals surface area (Å²) >= 11 is 0. The van der Waals surface area contributed by atoms with Gasteiger partial charge in [-0.15, -0.1) is 0 Å². The van der Waals surface area contributed by atoms with Crippen LogP contribution in [0.5, 0.6) is 0 Å². The van der Waals surface area contributed by atoms with Gasteiger partial charge in [0, 0.05) is 11.3 Å². The summed E-state index contributed by atoms with van der Waals surface area (Å²) in [6.45, 7) is 6.71. The van der Waals surface area contributed by atoms with Crippen molar-refractivity contribution in [1.29, 1.82) is 0 Å². The molecule has 0 aliphatic heterocycles. The highest BCUT2D eigenvalue weighted by atomic mass is 16.1. The second-order valence-electron chi connectivity index (χ2n) is 5.63. The van der Waals surface area contributed by atoms with E-state index in [0.29, 0.717) is 5.92 Å². The monoisotopic (exact) mass is 218 g/mol. The predicted molar refractivity (Wildman–Crippen MR) is 67.1 cm³/mol. The molecular formula is C15H22O. The Morgan fingerprint density at radius 3 is 2.94 bits per heavy atom. The van der Waals surface area contributed by atoms with Crippen LogP contribution >= 0.6 is 0 Å². The fourth-order valence-corrected chi connectivity index (χ4v) is 3.13. The van der Waals surface area contributed by atoms with Crippen LogP contribution in [0.1, 0.15) is 46.5 Å². The maximum atomic E-state index is 10.9. The van der Waals surface area contributed by atoms with Crippen LogP contribution in [-0.2, 0) is 4.79 Å². The SMILES string of the molecule is CC(C=O)C1=C[C@@]2(C)C(=CCC[C@@H]2C)CC1. The van der Waals surface area contributed by atoms with E-state index in [1.165, 1.54) is 18.4 Å². The maximum Gasteiger partial charge on any atom is 0.126 e. The number of hydrogen-bond acceptors (Lipinski definition) is 1. The number of carbonyl (C=O) groups is 1. The summed E-state index contributed by atoms with van der Waals surface area (Å²) in [4.78, 5) is 10.9. The Bertz CT molecular complexity index is 350. The van der Waals surface area contributed by atoms with Gasteiger partial charge in [0.2, 0.25) is 0 Å². The van der Waals surface area contributed by atoms with E-state index in [1.54, 1.807) is 5.57 Å². The molecule has 0 saturated heterocycles. The van der Waals surface area contributed by atoms with Crippen molar-refractivity contribution in [2.75, 3.05) is 0 Å². The first-order valence-corrected chi connectivity index (χ1v) is 6.44. The maximum absolute atomic E-state index is 10.9. The van der Waals surface area contributed by atoms with Crippen molar-refractivity contribution in [3.8, 4) is 0 Å². The zero-order valence-corrected chi connectivity index (χ0v) is 10.6. The van der Waals surface area contributed by atoms with Gasteiger partial charge in [-0.25, -0.2) is 0 Å². The Morgan fingerprint density at radius 2 is 2.25 bits per heavy atom. The van der Waals surface area contributed by atoms with E-state index in [0.717, 1.165) is 19.1 Å². The molecule has 0 amide bonds. The Hall–Kier alpha value is -0.850. The molecule has 0 aromatic rings. The molecule has 0 aromatic carbocycles. The van der Waals surface area contributed by atoms with Gasteiger partial charge in [0.05, 0.1) is 0 Å². The largest absolute Gasteiger partial charge is 0.303 e. The van der Waals surface area contributed by atoms with Gasteiger partial charge in [0.25, 0.3) is 0 Å². The lowest BCUT2D eigenvalue weighted by atomic mass is 9.62. The lowest BCUT2D eigenvalue weighted by Crippen LogP contribution is -2.32. The number of allylic oxidation sites excluding steroid dienone is 4. The van der Waals surface area contributed by atoms with E-state index >= 15 is 0 Å². The van der Waals surface area contributed by atoms with E-state index in [2.05, 4.69) is 26.0 Å². The molecule has 0 aromatic heterocycles. The minimum absolute atomic E-state index is 0.104. The fourth-order valence-electron chi connectivity index (χ4n) is 3.13. The van der Waals surface area contributed by atoms with Gasteiger partial charge in [-0.05, 0) is 31.6 Å². The van der Waals surface area contributed by atoms with Crippen LogP contribution in [0.2, 0.25) is 0 Å². The van der Waals surface area contributed by atoms with Crippen molar-refractivity contribution in [1.82, 2.24) is 0 Å². The third-order valence-corrected chi connectivity index (χ3v) is 4.66. The summed E-state index contributed by atoms with van der Waals surface area (Å²) in [7, 11) is 0. The zero-order valence-electron chi connectivity index (χ0n) is 10.6. The van der Waals surface area contributed by atoms with Crippen molar-refractivity contribution < 1.29 is 4.79 Å². The third-order valence-electron chi connectivity index (χ3n) is 4.66. The van der Waals surface area contributed by atoms with Crippen molar-refractivity contribution in [3.05, 3.63) is 23.3 Å². The van der Waals surface area contributed by atoms with Gasteiger partial charge >= 0.3 is 0 Å². The van der Waals surface area contributed by atoms with Crippen LogP contribution in [0, 0.1) is 17.3 Å². The molecule has 0 bridgehead atoms. The van der Waals surface area contributed by atoms with Gasteiger partial charge in [-0.1, -0.05) is 44.1 Å². The minimum Gasteiger partial charge on any atom is -0.303 e. The number of aldehydes is 1. The summed E-state index contributed by atoms with van der Waals surface area (Å²) in [6.07, 6.45) is 10.7. The molecule has 0 spiro atoms. The molecule has 3 atom stereocenters. The quantitative estimate of drug-likeness (QED) is 0.507. The van der Waals surface area contributed by atoms with Gasteiger partial charge in [-0.2, -0.15) is 0 Å². The fraction of sp³-hybridized carbons (Fsp3) is 0.667. The Morgan fingerprint density at radius 1 is 1.50 bits per heavy atom. The molecule has 2 aliphatic rings. The molecule has 1 nitrogen and oxygen atoms in total. The van der Waals surface area contributed by atoms with Crippen LogP contribution < -0.4 is 0 Å². The van der Waals surface area contributed by atoms with Crippen molar-refractivity contribution in [3.63, 3.8) is 0 Å². The third kappa shape index (κ3) is 1.77. The average molecular weight is 218 g/mol. The van der Waals surface area contributed by atoms with Crippen molar-refractivity contribution >= 4 is 6.29 Å². The Balaban J connectivity index is 2.36. The number of carbonyl (C=O) groups excluding carboxylic acids is 1. The lowest BCUT2D eigenvalue weighted by molar-refractivity contribution is -0.109. The topological polar surface area (TPSA) is 17.1 Å². The molecule has 2 aliphatic carbocycles. The summed E-state index contributed by atoms with van der Waals surface area (Å²) in [6, 6.07) is 0. The van der Waals surface area contributed by atoms with Crippen LogP contribution in [0.3, 0.4) is 0 Å². The standard InChI is InChI=1S/C15H22O/c1-11(10-16)13-7-8-14-6-4-5-12(2)15(14,3)9-13/h6,9-12H,4-5,7-8H2,1-3H3/t11?,12-,15+/m0/s1. The van der Waals surface area contributed by atoms with E-state index in [1.807, 2.05) is 6.92 Å². The normalized spacial score (nSPS) is 35.8. The summed E-state index contributed by atoms with van der Waals surface area (Å²) in [5.41, 5.74) is 3.18. The second-order valence-corrected chi connectivity index (χ2v) is 5.63. The summed E-state index contributed by atoms with van der Waals surface area (Å²) in [5.74, 6) is 0.814. The minimum atomic E-state index is 0.104. The number of hydrogen-bond donors (Lipinski definition) is 0. The van der Waals surface area contributed by atoms with Crippen LogP contribution in [0.25, 0.3) is 0 Å². The molecule has 0 N–H and O–H groups in total. The van der Waals surface area contributed by atoms with Gasteiger partial charge in [-0.3, -0.25) is 0 Å². The molecule has 1 heteroatoms. The van der Waals surface area contributed by atoms with Crippen LogP contribution in [0.4, 0.5) is 0 Å². The molecule has 0 fully saturated rings. The molecular weight excluding hydrogens is 196 g/mol. The number of fused-ring (bicyclic) bond motifs is 1. The van der Waals surface area contributed by atoms with Crippen LogP contribution in [-0.4, -0.2) is 6.29 Å². The molecule has 2 rings (SSSR count). The molecule has 16 heavy (non-hydrogen) atoms. The molecule has 0 radical (unpaired) electrons. The smallest absolute Gasteiger partial charge is 0.126 e. The second kappa shape index (κ2) is 4.20. The van der Waals surface area contributed by atoms with Gasteiger partial charge in [0.15, 0.2) is 0 Å². The average Bonchev–Trinajstić information content (AvgIpc) is 2.29. The summed E-state index contributed by atoms with van der Waals surface area (Å²) < 4.78 is 0. The zero-order chi connectivity index (χ0) is 11.8. The Labute approximate surface area is 98.6 Å². The molecule has 88 valence electrons. The van der Waals surface area contributed by atoms with Gasteiger partial charge < -0.3 is 4.79 Å². The summed E-state index contributed by atoms with van der Waals surface area (Å²) in [5, 5.41) is 0.